The van der Waals surface area contributed by atoms with Crippen LogP contribution >= 0.6 is 11.6 Å². The summed E-state index contributed by atoms with van der Waals surface area (Å²) in [6.45, 7) is 9.55. The van der Waals surface area contributed by atoms with Crippen molar-refractivity contribution in [1.29, 1.82) is 0 Å². The molecule has 0 unspecified atom stereocenters. The van der Waals surface area contributed by atoms with E-state index < -0.39 is 5.60 Å². The maximum absolute atomic E-state index is 12.6. The number of piperazine rings is 1. The monoisotopic (exact) mass is 554 g/mol. The summed E-state index contributed by atoms with van der Waals surface area (Å²) in [6, 6.07) is 13.9. The van der Waals surface area contributed by atoms with Crippen LogP contribution in [0.15, 0.2) is 54.7 Å². The molecule has 4 rings (SSSR count). The average molecular weight is 555 g/mol. The van der Waals surface area contributed by atoms with E-state index in [2.05, 4.69) is 20.6 Å². The van der Waals surface area contributed by atoms with Gasteiger partial charge in [0.25, 0.3) is 0 Å². The summed E-state index contributed by atoms with van der Waals surface area (Å²) in [6.07, 6.45) is 1.45. The Morgan fingerprint density at radius 2 is 1.64 bits per heavy atom. The molecule has 1 saturated heterocycles. The molecular formula is C28H35ClN6O4. The maximum Gasteiger partial charge on any atom is 0.410 e. The fraction of sp³-hybridized carbons (Fsp3) is 0.393. The van der Waals surface area contributed by atoms with Crippen molar-refractivity contribution >= 4 is 35.1 Å². The lowest BCUT2D eigenvalue weighted by molar-refractivity contribution is 0.0137. The van der Waals surface area contributed by atoms with E-state index in [1.807, 2.05) is 46.0 Å². The number of amides is 3. The minimum atomic E-state index is -0.501. The van der Waals surface area contributed by atoms with Gasteiger partial charge in [-0.15, -0.1) is 0 Å². The quantitative estimate of drug-likeness (QED) is 0.410. The van der Waals surface area contributed by atoms with Gasteiger partial charge in [0.05, 0.1) is 5.69 Å². The molecule has 1 aliphatic heterocycles. The molecule has 1 fully saturated rings. The van der Waals surface area contributed by atoms with Crippen molar-refractivity contribution in [3.63, 3.8) is 0 Å². The lowest BCUT2D eigenvalue weighted by atomic mass is 10.1. The van der Waals surface area contributed by atoms with Crippen LogP contribution < -0.4 is 15.4 Å². The first-order chi connectivity index (χ1) is 18.6. The average Bonchev–Trinajstić information content (AvgIpc) is 3.31. The molecule has 0 spiro atoms. The molecule has 2 heterocycles. The third kappa shape index (κ3) is 8.11. The second-order valence-electron chi connectivity index (χ2n) is 10.3. The molecule has 39 heavy (non-hydrogen) atoms. The van der Waals surface area contributed by atoms with E-state index in [0.29, 0.717) is 41.8 Å². The molecule has 0 atom stereocenters. The van der Waals surface area contributed by atoms with Gasteiger partial charge in [0.1, 0.15) is 18.0 Å². The number of halogens is 1. The van der Waals surface area contributed by atoms with Gasteiger partial charge in [-0.2, -0.15) is 5.10 Å². The Bertz CT molecular complexity index is 1280. The number of rotatable bonds is 7. The Morgan fingerprint density at radius 3 is 2.28 bits per heavy atom. The van der Waals surface area contributed by atoms with Crippen LogP contribution in [-0.2, 0) is 11.8 Å². The molecule has 1 aliphatic rings. The second kappa shape index (κ2) is 12.4. The van der Waals surface area contributed by atoms with Crippen molar-refractivity contribution in [2.24, 2.45) is 7.05 Å². The van der Waals surface area contributed by atoms with E-state index in [-0.39, 0.29) is 12.1 Å². The number of carbonyl (C=O) groups is 2. The highest BCUT2D eigenvalue weighted by Gasteiger charge is 2.25. The van der Waals surface area contributed by atoms with Gasteiger partial charge >= 0.3 is 12.1 Å². The van der Waals surface area contributed by atoms with Crippen LogP contribution in [0.3, 0.4) is 0 Å². The van der Waals surface area contributed by atoms with E-state index in [9.17, 15) is 9.59 Å². The smallest absolute Gasteiger partial charge is 0.410 e. The first-order valence-electron chi connectivity index (χ1n) is 12.9. The minimum absolute atomic E-state index is 0.269. The summed E-state index contributed by atoms with van der Waals surface area (Å²) in [5.74, 6) is 0.689. The molecule has 11 heteroatoms. The van der Waals surface area contributed by atoms with Crippen LogP contribution in [0, 0.1) is 0 Å². The van der Waals surface area contributed by atoms with Crippen LogP contribution in [0.1, 0.15) is 20.8 Å². The number of nitrogens with one attached hydrogen (secondary N) is 2. The van der Waals surface area contributed by atoms with Crippen LogP contribution in [-0.4, -0.2) is 76.6 Å². The van der Waals surface area contributed by atoms with Gasteiger partial charge in [-0.3, -0.25) is 9.58 Å². The normalized spacial score (nSPS) is 14.1. The summed E-state index contributed by atoms with van der Waals surface area (Å²) in [5.41, 5.74) is 2.42. The summed E-state index contributed by atoms with van der Waals surface area (Å²) < 4.78 is 13.4. The van der Waals surface area contributed by atoms with Crippen LogP contribution in [0.5, 0.6) is 5.75 Å². The molecule has 0 saturated carbocycles. The predicted molar refractivity (Wildman–Crippen MR) is 152 cm³/mol. The number of ether oxygens (including phenoxy) is 2. The Labute approximate surface area is 233 Å². The van der Waals surface area contributed by atoms with Crippen molar-refractivity contribution in [3.8, 4) is 17.0 Å². The molecule has 0 bridgehead atoms. The van der Waals surface area contributed by atoms with Crippen molar-refractivity contribution in [2.45, 2.75) is 26.4 Å². The highest BCUT2D eigenvalue weighted by molar-refractivity contribution is 6.30. The van der Waals surface area contributed by atoms with Crippen LogP contribution in [0.2, 0.25) is 5.02 Å². The predicted octanol–water partition coefficient (Wildman–Crippen LogP) is 5.32. The highest BCUT2D eigenvalue weighted by Crippen LogP contribution is 2.32. The number of hydrogen-bond donors (Lipinski definition) is 2. The molecule has 0 radical (unpaired) electrons. The summed E-state index contributed by atoms with van der Waals surface area (Å²) >= 11 is 5.92. The van der Waals surface area contributed by atoms with Crippen LogP contribution in [0.4, 0.5) is 21.0 Å². The van der Waals surface area contributed by atoms with Gasteiger partial charge in [0.2, 0.25) is 0 Å². The molecule has 3 amide bonds. The fourth-order valence-corrected chi connectivity index (χ4v) is 4.29. The molecule has 10 nitrogen and oxygen atoms in total. The fourth-order valence-electron chi connectivity index (χ4n) is 4.16. The number of carbonyl (C=O) groups excluding carboxylic acids is 2. The number of aromatic nitrogens is 2. The van der Waals surface area contributed by atoms with Gasteiger partial charge < -0.3 is 25.0 Å². The van der Waals surface area contributed by atoms with Gasteiger partial charge in [-0.25, -0.2) is 9.59 Å². The van der Waals surface area contributed by atoms with Crippen molar-refractivity contribution in [3.05, 3.63) is 59.8 Å². The van der Waals surface area contributed by atoms with Gasteiger partial charge in [0.15, 0.2) is 0 Å². The molecule has 1 aromatic heterocycles. The van der Waals surface area contributed by atoms with E-state index >= 15 is 0 Å². The Hall–Kier alpha value is -3.76. The molecule has 0 aliphatic carbocycles. The number of anilines is 2. The Balaban J connectivity index is 1.35. The molecule has 208 valence electrons. The Kier molecular flexibility index (Phi) is 8.98. The van der Waals surface area contributed by atoms with E-state index in [1.54, 1.807) is 46.1 Å². The number of urea groups is 1. The third-order valence-corrected chi connectivity index (χ3v) is 6.38. The standard InChI is InChI=1S/C28H35ClN6O4/c1-28(2,3)39-27(37)35-15-13-34(14-16-35)17-18-38-25-10-9-22(19-23(25)24-11-12-30-33(24)4)32-26(36)31-21-7-5-20(29)6-8-21/h5-12,19H,13-18H2,1-4H3,(H2,31,32,36). The Morgan fingerprint density at radius 1 is 0.974 bits per heavy atom. The first-order valence-corrected chi connectivity index (χ1v) is 13.2. The number of hydrogen-bond acceptors (Lipinski definition) is 6. The zero-order valence-electron chi connectivity index (χ0n) is 22.7. The van der Waals surface area contributed by atoms with Crippen LogP contribution in [0.25, 0.3) is 11.3 Å². The van der Waals surface area contributed by atoms with E-state index in [1.165, 1.54) is 0 Å². The number of nitrogens with zero attached hydrogens (tertiary/aromatic N) is 4. The van der Waals surface area contributed by atoms with Gasteiger partial charge in [-0.1, -0.05) is 11.6 Å². The third-order valence-electron chi connectivity index (χ3n) is 6.13. The SMILES string of the molecule is Cn1nccc1-c1cc(NC(=O)Nc2ccc(Cl)cc2)ccc1OCCN1CCN(C(=O)OC(C)(C)C)CC1. The van der Waals surface area contributed by atoms with Crippen molar-refractivity contribution in [2.75, 3.05) is 50.0 Å². The zero-order chi connectivity index (χ0) is 28.0. The first kappa shape index (κ1) is 28.3. The lowest BCUT2D eigenvalue weighted by Crippen LogP contribution is -2.50. The molecule has 2 N–H and O–H groups in total. The molecular weight excluding hydrogens is 520 g/mol. The summed E-state index contributed by atoms with van der Waals surface area (Å²) in [7, 11) is 1.86. The van der Waals surface area contributed by atoms with E-state index in [4.69, 9.17) is 21.1 Å². The topological polar surface area (TPSA) is 101 Å². The lowest BCUT2D eigenvalue weighted by Gasteiger charge is -2.35. The summed E-state index contributed by atoms with van der Waals surface area (Å²) in [5, 5.41) is 10.5. The zero-order valence-corrected chi connectivity index (χ0v) is 23.5. The van der Waals surface area contributed by atoms with Crippen molar-refractivity contribution in [1.82, 2.24) is 19.6 Å². The largest absolute Gasteiger partial charge is 0.492 e. The molecule has 2 aromatic carbocycles. The van der Waals surface area contributed by atoms with Gasteiger partial charge in [0, 0.05) is 67.9 Å². The van der Waals surface area contributed by atoms with Crippen molar-refractivity contribution < 1.29 is 19.1 Å². The number of aryl methyl sites for hydroxylation is 1. The molecule has 3 aromatic rings. The maximum atomic E-state index is 12.6. The highest BCUT2D eigenvalue weighted by atomic mass is 35.5. The number of benzene rings is 2. The minimum Gasteiger partial charge on any atom is -0.492 e. The second-order valence-corrected chi connectivity index (χ2v) is 10.7. The van der Waals surface area contributed by atoms with E-state index in [0.717, 1.165) is 30.9 Å². The van der Waals surface area contributed by atoms with Gasteiger partial charge in [-0.05, 0) is 69.3 Å². The summed E-state index contributed by atoms with van der Waals surface area (Å²) in [4.78, 5) is 28.9.